The van der Waals surface area contributed by atoms with E-state index in [2.05, 4.69) is 13.8 Å². The van der Waals surface area contributed by atoms with Crippen LogP contribution in [0.5, 0.6) is 0 Å². The zero-order valence-electron chi connectivity index (χ0n) is 20.2. The summed E-state index contributed by atoms with van der Waals surface area (Å²) < 4.78 is 5.65. The molecule has 0 saturated carbocycles. The Morgan fingerprint density at radius 2 is 0.586 bits per heavy atom. The summed E-state index contributed by atoms with van der Waals surface area (Å²) in [6.45, 7) is 4.59. The van der Waals surface area contributed by atoms with Crippen molar-refractivity contribution in [2.45, 2.75) is 155 Å². The number of unbranched alkanes of at least 4 members (excludes halogenated alkanes) is 20. The van der Waals surface area contributed by atoms with E-state index >= 15 is 0 Å². The van der Waals surface area contributed by atoms with Crippen molar-refractivity contribution in [2.75, 3.05) is 11.5 Å². The molecule has 0 N–H and O–H groups in total. The van der Waals surface area contributed by atoms with Crippen LogP contribution in [0.4, 0.5) is 0 Å². The molecule has 0 fully saturated rings. The third-order valence-corrected chi connectivity index (χ3v) is 7.44. The lowest BCUT2D eigenvalue weighted by molar-refractivity contribution is 0.554. The monoisotopic (exact) mass is 446 g/mol. The second-order valence-corrected chi connectivity index (χ2v) is 10.6. The Hall–Kier alpha value is 0.660. The van der Waals surface area contributed by atoms with Gasteiger partial charge in [0.25, 0.3) is 0 Å². The average Bonchev–Trinajstić information content (AvgIpc) is 2.74. The predicted molar refractivity (Wildman–Crippen MR) is 139 cm³/mol. The van der Waals surface area contributed by atoms with Crippen LogP contribution in [0.25, 0.3) is 0 Å². The predicted octanol–water partition coefficient (Wildman–Crippen LogP) is 10.9. The Morgan fingerprint density at radius 3 is 0.862 bits per heavy atom. The van der Waals surface area contributed by atoms with Crippen molar-refractivity contribution in [3.05, 3.63) is 0 Å². The maximum absolute atomic E-state index is 5.65. The van der Waals surface area contributed by atoms with Gasteiger partial charge < -0.3 is 0 Å². The van der Waals surface area contributed by atoms with E-state index in [4.69, 9.17) is 3.63 Å². The molecule has 0 aliphatic rings. The summed E-state index contributed by atoms with van der Waals surface area (Å²) in [6, 6.07) is 0. The minimum absolute atomic E-state index is 1.17. The second-order valence-electron chi connectivity index (χ2n) is 8.78. The Morgan fingerprint density at radius 1 is 0.345 bits per heavy atom. The molecular formula is C26H54OS2. The van der Waals surface area contributed by atoms with E-state index in [0.717, 1.165) is 0 Å². The molecular weight excluding hydrogens is 392 g/mol. The SMILES string of the molecule is CCCCCCCCCCCCCSOSCCCCCCCCCCCCC. The maximum atomic E-state index is 5.65. The summed E-state index contributed by atoms with van der Waals surface area (Å²) in [4.78, 5) is 0. The molecule has 0 aromatic heterocycles. The van der Waals surface area contributed by atoms with Crippen molar-refractivity contribution in [2.24, 2.45) is 0 Å². The molecule has 0 aromatic carbocycles. The zero-order chi connectivity index (χ0) is 21.1. The van der Waals surface area contributed by atoms with Crippen molar-refractivity contribution in [3.63, 3.8) is 0 Å². The first-order valence-corrected chi connectivity index (χ1v) is 15.1. The van der Waals surface area contributed by atoms with Crippen LogP contribution in [-0.2, 0) is 3.63 Å². The number of rotatable bonds is 26. The van der Waals surface area contributed by atoms with Crippen LogP contribution in [-0.4, -0.2) is 11.5 Å². The van der Waals surface area contributed by atoms with Crippen LogP contribution in [0.2, 0.25) is 0 Å². The molecule has 0 aliphatic carbocycles. The molecule has 0 saturated heterocycles. The highest BCUT2D eigenvalue weighted by Crippen LogP contribution is 2.19. The van der Waals surface area contributed by atoms with E-state index < -0.39 is 0 Å². The summed E-state index contributed by atoms with van der Waals surface area (Å²) in [5.41, 5.74) is 0. The summed E-state index contributed by atoms with van der Waals surface area (Å²) in [5.74, 6) is 2.34. The third kappa shape index (κ3) is 28.7. The van der Waals surface area contributed by atoms with Gasteiger partial charge in [0, 0.05) is 35.6 Å². The number of hydrogen-bond acceptors (Lipinski definition) is 3. The van der Waals surface area contributed by atoms with Gasteiger partial charge in [-0.25, -0.2) is 3.63 Å². The van der Waals surface area contributed by atoms with Crippen LogP contribution in [0, 0.1) is 0 Å². The molecule has 0 aliphatic heterocycles. The highest BCUT2D eigenvalue weighted by atomic mass is 32.2. The van der Waals surface area contributed by atoms with Gasteiger partial charge in [0.2, 0.25) is 0 Å². The maximum Gasteiger partial charge on any atom is 0.0210 e. The lowest BCUT2D eigenvalue weighted by Crippen LogP contribution is -1.85. The topological polar surface area (TPSA) is 9.23 Å². The quantitative estimate of drug-likeness (QED) is 0.0965. The molecule has 3 heteroatoms. The first kappa shape index (κ1) is 29.7. The lowest BCUT2D eigenvalue weighted by atomic mass is 10.1. The van der Waals surface area contributed by atoms with Crippen LogP contribution in [0.15, 0.2) is 0 Å². The van der Waals surface area contributed by atoms with Crippen molar-refractivity contribution in [3.8, 4) is 0 Å². The van der Waals surface area contributed by atoms with Crippen LogP contribution in [0.1, 0.15) is 155 Å². The highest BCUT2D eigenvalue weighted by Gasteiger charge is 1.96. The standard InChI is InChI=1S/C26H54OS2/c1-3-5-7-9-11-13-15-17-19-21-23-25-28-27-29-26-24-22-20-18-16-14-12-10-8-6-4-2/h3-26H2,1-2H3. The van der Waals surface area contributed by atoms with Gasteiger partial charge in [0.15, 0.2) is 0 Å². The summed E-state index contributed by atoms with van der Waals surface area (Å²) in [5, 5.41) is 0. The van der Waals surface area contributed by atoms with Crippen molar-refractivity contribution in [1.29, 1.82) is 0 Å². The van der Waals surface area contributed by atoms with Crippen molar-refractivity contribution < 1.29 is 3.63 Å². The fourth-order valence-corrected chi connectivity index (χ4v) is 5.21. The smallest absolute Gasteiger partial charge is 0.0210 e. The number of hydrogen-bond donors (Lipinski definition) is 0. The van der Waals surface area contributed by atoms with E-state index in [1.54, 1.807) is 24.1 Å². The molecule has 0 aromatic rings. The van der Waals surface area contributed by atoms with Gasteiger partial charge in [-0.15, -0.1) is 0 Å². The minimum Gasteiger partial charge on any atom is -0.247 e. The largest absolute Gasteiger partial charge is 0.247 e. The molecule has 176 valence electrons. The molecule has 0 rings (SSSR count). The van der Waals surface area contributed by atoms with Crippen LogP contribution >= 0.6 is 24.1 Å². The molecule has 0 heterocycles. The Labute approximate surface area is 194 Å². The zero-order valence-corrected chi connectivity index (χ0v) is 21.8. The van der Waals surface area contributed by atoms with Gasteiger partial charge in [-0.3, -0.25) is 0 Å². The van der Waals surface area contributed by atoms with Crippen molar-refractivity contribution >= 4 is 24.1 Å². The van der Waals surface area contributed by atoms with Gasteiger partial charge >= 0.3 is 0 Å². The first-order chi connectivity index (χ1) is 14.4. The van der Waals surface area contributed by atoms with Crippen LogP contribution in [0.3, 0.4) is 0 Å². The summed E-state index contributed by atoms with van der Waals surface area (Å²) >= 11 is 3.36. The van der Waals surface area contributed by atoms with E-state index in [9.17, 15) is 0 Å². The third-order valence-electron chi connectivity index (χ3n) is 5.76. The molecule has 0 atom stereocenters. The molecule has 0 radical (unpaired) electrons. The van der Waals surface area contributed by atoms with Gasteiger partial charge in [0.05, 0.1) is 0 Å². The first-order valence-electron chi connectivity index (χ1n) is 13.3. The normalized spacial score (nSPS) is 11.4. The Bertz CT molecular complexity index is 247. The van der Waals surface area contributed by atoms with E-state index in [1.165, 1.54) is 153 Å². The molecule has 0 unspecified atom stereocenters. The summed E-state index contributed by atoms with van der Waals surface area (Å²) in [6.07, 6.45) is 31.2. The van der Waals surface area contributed by atoms with Gasteiger partial charge in [-0.2, -0.15) is 0 Å². The molecule has 29 heavy (non-hydrogen) atoms. The van der Waals surface area contributed by atoms with Gasteiger partial charge in [-0.1, -0.05) is 142 Å². The average molecular weight is 447 g/mol. The van der Waals surface area contributed by atoms with E-state index in [-0.39, 0.29) is 0 Å². The molecule has 0 amide bonds. The van der Waals surface area contributed by atoms with E-state index in [1.807, 2.05) is 0 Å². The fourth-order valence-electron chi connectivity index (χ4n) is 3.75. The Balaban J connectivity index is 2.97. The molecule has 0 spiro atoms. The highest BCUT2D eigenvalue weighted by molar-refractivity contribution is 8.07. The molecule has 0 bridgehead atoms. The van der Waals surface area contributed by atoms with Gasteiger partial charge in [-0.05, 0) is 12.8 Å². The second kappa shape index (κ2) is 28.7. The summed E-state index contributed by atoms with van der Waals surface area (Å²) in [7, 11) is 0. The van der Waals surface area contributed by atoms with E-state index in [0.29, 0.717) is 0 Å². The van der Waals surface area contributed by atoms with Crippen LogP contribution < -0.4 is 0 Å². The Kier molecular flexibility index (Phi) is 29.3. The van der Waals surface area contributed by atoms with Gasteiger partial charge in [0.1, 0.15) is 0 Å². The molecule has 1 nitrogen and oxygen atoms in total. The minimum atomic E-state index is 1.17. The fraction of sp³-hybridized carbons (Fsp3) is 1.00. The lowest BCUT2D eigenvalue weighted by Gasteiger charge is -2.04. The van der Waals surface area contributed by atoms with Crippen molar-refractivity contribution in [1.82, 2.24) is 0 Å².